The first kappa shape index (κ1) is 10.6. The van der Waals surface area contributed by atoms with Gasteiger partial charge < -0.3 is 5.73 Å². The van der Waals surface area contributed by atoms with Crippen molar-refractivity contribution < 1.29 is 0 Å². The van der Waals surface area contributed by atoms with Crippen LogP contribution in [0.5, 0.6) is 0 Å². The summed E-state index contributed by atoms with van der Waals surface area (Å²) in [7, 11) is 0. The van der Waals surface area contributed by atoms with Crippen molar-refractivity contribution in [2.75, 3.05) is 13.1 Å². The van der Waals surface area contributed by atoms with Crippen molar-refractivity contribution in [1.82, 2.24) is 9.88 Å². The summed E-state index contributed by atoms with van der Waals surface area (Å²) in [6, 6.07) is 4.73. The zero-order valence-electron chi connectivity index (χ0n) is 9.26. The Kier molecular flexibility index (Phi) is 3.34. The number of hydrogen-bond acceptors (Lipinski definition) is 3. The molecule has 1 aliphatic rings. The first-order valence-electron chi connectivity index (χ1n) is 5.72. The number of rotatable bonds is 2. The Morgan fingerprint density at radius 3 is 3.13 bits per heavy atom. The third-order valence-corrected chi connectivity index (χ3v) is 3.21. The van der Waals surface area contributed by atoms with Crippen LogP contribution >= 0.6 is 0 Å². The van der Waals surface area contributed by atoms with E-state index in [0.717, 1.165) is 19.5 Å². The zero-order chi connectivity index (χ0) is 10.7. The van der Waals surface area contributed by atoms with Crippen LogP contribution in [0.15, 0.2) is 24.5 Å². The van der Waals surface area contributed by atoms with Gasteiger partial charge >= 0.3 is 0 Å². The molecule has 0 bridgehead atoms. The predicted octanol–water partition coefficient (Wildman–Crippen LogP) is 1.57. The molecule has 0 radical (unpaired) electrons. The smallest absolute Gasteiger partial charge is 0.0514 e. The largest absolute Gasteiger partial charge is 0.326 e. The Morgan fingerprint density at radius 1 is 1.60 bits per heavy atom. The Balaban J connectivity index is 2.23. The van der Waals surface area contributed by atoms with Gasteiger partial charge in [0.15, 0.2) is 0 Å². The van der Waals surface area contributed by atoms with E-state index in [9.17, 15) is 0 Å². The summed E-state index contributed by atoms with van der Waals surface area (Å²) < 4.78 is 0. The SMILES string of the molecule is CCN1CCCC(N)C1c1cccnc1. The fourth-order valence-corrected chi connectivity index (χ4v) is 2.46. The van der Waals surface area contributed by atoms with E-state index in [-0.39, 0.29) is 6.04 Å². The van der Waals surface area contributed by atoms with Crippen molar-refractivity contribution in [3.63, 3.8) is 0 Å². The number of piperidine rings is 1. The molecule has 2 N–H and O–H groups in total. The third-order valence-electron chi connectivity index (χ3n) is 3.21. The molecule has 0 saturated carbocycles. The minimum atomic E-state index is 0.253. The van der Waals surface area contributed by atoms with E-state index in [1.165, 1.54) is 12.0 Å². The Hall–Kier alpha value is -0.930. The molecule has 1 aromatic heterocycles. The van der Waals surface area contributed by atoms with Crippen molar-refractivity contribution in [2.45, 2.75) is 31.8 Å². The second-order valence-electron chi connectivity index (χ2n) is 4.17. The van der Waals surface area contributed by atoms with Crippen LogP contribution in [0.4, 0.5) is 0 Å². The highest BCUT2D eigenvalue weighted by Gasteiger charge is 2.29. The topological polar surface area (TPSA) is 42.1 Å². The van der Waals surface area contributed by atoms with Gasteiger partial charge in [0.1, 0.15) is 0 Å². The van der Waals surface area contributed by atoms with Gasteiger partial charge in [-0.2, -0.15) is 0 Å². The first-order valence-corrected chi connectivity index (χ1v) is 5.72. The summed E-state index contributed by atoms with van der Waals surface area (Å²) in [5.74, 6) is 0. The van der Waals surface area contributed by atoms with Crippen LogP contribution in [0.2, 0.25) is 0 Å². The van der Waals surface area contributed by atoms with Gasteiger partial charge in [-0.15, -0.1) is 0 Å². The van der Waals surface area contributed by atoms with Crippen LogP contribution in [-0.2, 0) is 0 Å². The van der Waals surface area contributed by atoms with Crippen LogP contribution in [0, 0.1) is 0 Å². The fraction of sp³-hybridized carbons (Fsp3) is 0.583. The molecule has 1 saturated heterocycles. The summed E-state index contributed by atoms with van der Waals surface area (Å²) in [4.78, 5) is 6.63. The van der Waals surface area contributed by atoms with Crippen molar-refractivity contribution in [3.8, 4) is 0 Å². The summed E-state index contributed by atoms with van der Waals surface area (Å²) >= 11 is 0. The third kappa shape index (κ3) is 2.19. The zero-order valence-corrected chi connectivity index (χ0v) is 9.26. The lowest BCUT2D eigenvalue weighted by Crippen LogP contribution is -2.45. The summed E-state index contributed by atoms with van der Waals surface area (Å²) in [5.41, 5.74) is 7.46. The van der Waals surface area contributed by atoms with Crippen LogP contribution < -0.4 is 5.73 Å². The maximum Gasteiger partial charge on any atom is 0.0514 e. The van der Waals surface area contributed by atoms with Gasteiger partial charge in [-0.1, -0.05) is 13.0 Å². The maximum atomic E-state index is 6.21. The van der Waals surface area contributed by atoms with Crippen molar-refractivity contribution >= 4 is 0 Å². The molecule has 15 heavy (non-hydrogen) atoms. The van der Waals surface area contributed by atoms with Gasteiger partial charge in [0.2, 0.25) is 0 Å². The number of aromatic nitrogens is 1. The molecule has 3 heteroatoms. The quantitative estimate of drug-likeness (QED) is 0.797. The number of likely N-dealkylation sites (N-methyl/N-ethyl adjacent to an activating group) is 1. The average molecular weight is 205 g/mol. The molecule has 1 aromatic rings. The molecule has 0 aromatic carbocycles. The van der Waals surface area contributed by atoms with Gasteiger partial charge in [-0.25, -0.2) is 0 Å². The van der Waals surface area contributed by atoms with E-state index in [1.54, 1.807) is 0 Å². The van der Waals surface area contributed by atoms with Crippen LogP contribution in [0.1, 0.15) is 31.4 Å². The highest BCUT2D eigenvalue weighted by Crippen LogP contribution is 2.28. The van der Waals surface area contributed by atoms with Gasteiger partial charge in [-0.3, -0.25) is 9.88 Å². The highest BCUT2D eigenvalue weighted by molar-refractivity contribution is 5.17. The summed E-state index contributed by atoms with van der Waals surface area (Å²) in [6.07, 6.45) is 6.09. The lowest BCUT2D eigenvalue weighted by atomic mass is 9.92. The minimum absolute atomic E-state index is 0.253. The molecule has 1 fully saturated rings. The molecule has 2 rings (SSSR count). The second kappa shape index (κ2) is 4.73. The molecule has 82 valence electrons. The van der Waals surface area contributed by atoms with Crippen molar-refractivity contribution in [2.24, 2.45) is 5.73 Å². The molecular formula is C12H19N3. The molecule has 0 amide bonds. The monoisotopic (exact) mass is 205 g/mol. The van der Waals surface area contributed by atoms with Crippen LogP contribution in [-0.4, -0.2) is 29.0 Å². The van der Waals surface area contributed by atoms with Crippen LogP contribution in [0.25, 0.3) is 0 Å². The van der Waals surface area contributed by atoms with Gasteiger partial charge in [-0.05, 0) is 37.6 Å². The van der Waals surface area contributed by atoms with E-state index in [0.29, 0.717) is 6.04 Å². The van der Waals surface area contributed by atoms with Gasteiger partial charge in [0.25, 0.3) is 0 Å². The number of likely N-dealkylation sites (tertiary alicyclic amines) is 1. The maximum absolute atomic E-state index is 6.21. The minimum Gasteiger partial charge on any atom is -0.326 e. The molecule has 2 unspecified atom stereocenters. The Bertz CT molecular complexity index is 299. The molecular weight excluding hydrogens is 186 g/mol. The lowest BCUT2D eigenvalue weighted by Gasteiger charge is -2.39. The molecule has 3 nitrogen and oxygen atoms in total. The van der Waals surface area contributed by atoms with Crippen molar-refractivity contribution in [1.29, 1.82) is 0 Å². The standard InChI is InChI=1S/C12H19N3/c1-2-15-8-4-6-11(13)12(15)10-5-3-7-14-9-10/h3,5,7,9,11-12H,2,4,6,8,13H2,1H3. The number of nitrogens with zero attached hydrogens (tertiary/aromatic N) is 2. The second-order valence-corrected chi connectivity index (χ2v) is 4.17. The molecule has 2 atom stereocenters. The molecule has 0 spiro atoms. The van der Waals surface area contributed by atoms with Gasteiger partial charge in [0, 0.05) is 18.4 Å². The Labute approximate surface area is 91.3 Å². The predicted molar refractivity (Wildman–Crippen MR) is 61.4 cm³/mol. The van der Waals surface area contributed by atoms with E-state index in [2.05, 4.69) is 22.9 Å². The lowest BCUT2D eigenvalue weighted by molar-refractivity contribution is 0.135. The number of hydrogen-bond donors (Lipinski definition) is 1. The Morgan fingerprint density at radius 2 is 2.47 bits per heavy atom. The van der Waals surface area contributed by atoms with Crippen LogP contribution in [0.3, 0.4) is 0 Å². The summed E-state index contributed by atoms with van der Waals surface area (Å²) in [6.45, 7) is 4.42. The summed E-state index contributed by atoms with van der Waals surface area (Å²) in [5, 5.41) is 0. The van der Waals surface area contributed by atoms with E-state index in [1.807, 2.05) is 18.5 Å². The fourth-order valence-electron chi connectivity index (χ4n) is 2.46. The van der Waals surface area contributed by atoms with E-state index >= 15 is 0 Å². The highest BCUT2D eigenvalue weighted by atomic mass is 15.2. The number of nitrogens with two attached hydrogens (primary N) is 1. The average Bonchev–Trinajstić information content (AvgIpc) is 2.29. The molecule has 0 aliphatic carbocycles. The first-order chi connectivity index (χ1) is 7.33. The molecule has 1 aliphatic heterocycles. The number of pyridine rings is 1. The normalized spacial score (nSPS) is 27.9. The van der Waals surface area contributed by atoms with E-state index < -0.39 is 0 Å². The van der Waals surface area contributed by atoms with Crippen molar-refractivity contribution in [3.05, 3.63) is 30.1 Å². The van der Waals surface area contributed by atoms with E-state index in [4.69, 9.17) is 5.73 Å². The van der Waals surface area contributed by atoms with Gasteiger partial charge in [0.05, 0.1) is 6.04 Å². The molecule has 2 heterocycles.